The lowest BCUT2D eigenvalue weighted by molar-refractivity contribution is -0.127. The van der Waals surface area contributed by atoms with Gasteiger partial charge in [-0.1, -0.05) is 12.1 Å². The van der Waals surface area contributed by atoms with Gasteiger partial charge in [-0.05, 0) is 30.7 Å². The number of hydrogen-bond donors (Lipinski definition) is 2. The van der Waals surface area contributed by atoms with Crippen LogP contribution < -0.4 is 10.6 Å². The summed E-state index contributed by atoms with van der Waals surface area (Å²) in [5.74, 6) is 0.510. The van der Waals surface area contributed by atoms with Gasteiger partial charge in [0, 0.05) is 40.1 Å². The van der Waals surface area contributed by atoms with Crippen molar-refractivity contribution < 1.29 is 9.53 Å². The summed E-state index contributed by atoms with van der Waals surface area (Å²) in [5, 5.41) is 10.8. The Bertz CT molecular complexity index is 749. The molecular formula is C19H29IN6O2. The predicted molar refractivity (Wildman–Crippen MR) is 121 cm³/mol. The Labute approximate surface area is 183 Å². The monoisotopic (exact) mass is 500 g/mol. The first-order chi connectivity index (χ1) is 13.0. The van der Waals surface area contributed by atoms with Gasteiger partial charge in [0.05, 0.1) is 18.3 Å². The first-order valence-electron chi connectivity index (χ1n) is 8.85. The summed E-state index contributed by atoms with van der Waals surface area (Å²) in [7, 11) is 5.07. The Morgan fingerprint density at radius 1 is 1.36 bits per heavy atom. The van der Waals surface area contributed by atoms with Crippen LogP contribution in [0.2, 0.25) is 0 Å². The molecule has 1 unspecified atom stereocenters. The van der Waals surface area contributed by atoms with Gasteiger partial charge in [-0.2, -0.15) is 5.10 Å². The van der Waals surface area contributed by atoms with Crippen molar-refractivity contribution in [1.29, 1.82) is 0 Å². The Kier molecular flexibility index (Phi) is 10.5. The molecule has 9 heteroatoms. The van der Waals surface area contributed by atoms with Gasteiger partial charge in [-0.25, -0.2) is 9.67 Å². The number of aromatic nitrogens is 2. The largest absolute Gasteiger partial charge is 0.383 e. The lowest BCUT2D eigenvalue weighted by Crippen LogP contribution is -2.41. The van der Waals surface area contributed by atoms with E-state index >= 15 is 0 Å². The van der Waals surface area contributed by atoms with Gasteiger partial charge < -0.3 is 20.3 Å². The molecule has 1 heterocycles. The Hall–Kier alpha value is -2.14. The van der Waals surface area contributed by atoms with Crippen LogP contribution in [0.3, 0.4) is 0 Å². The van der Waals surface area contributed by atoms with Crippen molar-refractivity contribution in [3.05, 3.63) is 48.3 Å². The van der Waals surface area contributed by atoms with Crippen molar-refractivity contribution in [2.75, 3.05) is 40.9 Å². The van der Waals surface area contributed by atoms with Crippen LogP contribution in [0.4, 0.5) is 0 Å². The SMILES string of the molecule is COCCNC(=NCC(=O)N(C)C)NC(C)c1cccc(-n2cccn2)c1.I. The Morgan fingerprint density at radius 3 is 2.79 bits per heavy atom. The van der Waals surface area contributed by atoms with Gasteiger partial charge in [0.2, 0.25) is 5.91 Å². The van der Waals surface area contributed by atoms with E-state index in [9.17, 15) is 4.79 Å². The van der Waals surface area contributed by atoms with Gasteiger partial charge in [0.15, 0.2) is 5.96 Å². The molecule has 154 valence electrons. The quantitative estimate of drug-likeness (QED) is 0.250. The molecule has 2 N–H and O–H groups in total. The number of ether oxygens (including phenoxy) is 1. The molecule has 1 atom stereocenters. The van der Waals surface area contributed by atoms with E-state index in [0.29, 0.717) is 19.1 Å². The van der Waals surface area contributed by atoms with Crippen LogP contribution >= 0.6 is 24.0 Å². The summed E-state index contributed by atoms with van der Waals surface area (Å²) in [6.07, 6.45) is 3.66. The van der Waals surface area contributed by atoms with E-state index in [1.54, 1.807) is 27.4 Å². The summed E-state index contributed by atoms with van der Waals surface area (Å²) in [6.45, 7) is 3.27. The second-order valence-electron chi connectivity index (χ2n) is 6.28. The van der Waals surface area contributed by atoms with Crippen LogP contribution in [-0.2, 0) is 9.53 Å². The molecular weight excluding hydrogens is 471 g/mol. The molecule has 0 saturated carbocycles. The van der Waals surface area contributed by atoms with E-state index in [0.717, 1.165) is 11.3 Å². The molecule has 0 saturated heterocycles. The van der Waals surface area contributed by atoms with Crippen LogP contribution in [0.1, 0.15) is 18.5 Å². The zero-order valence-corrected chi connectivity index (χ0v) is 19.1. The number of nitrogens with zero attached hydrogens (tertiary/aromatic N) is 4. The third-order valence-corrected chi connectivity index (χ3v) is 3.96. The molecule has 0 fully saturated rings. The zero-order valence-electron chi connectivity index (χ0n) is 16.8. The number of amides is 1. The molecule has 8 nitrogen and oxygen atoms in total. The van der Waals surface area contributed by atoms with Gasteiger partial charge in [0.1, 0.15) is 6.54 Å². The van der Waals surface area contributed by atoms with Crippen molar-refractivity contribution in [1.82, 2.24) is 25.3 Å². The molecule has 1 aromatic heterocycles. The van der Waals surface area contributed by atoms with Crippen LogP contribution in [-0.4, -0.2) is 67.4 Å². The fourth-order valence-electron chi connectivity index (χ4n) is 2.36. The molecule has 0 aliphatic carbocycles. The first-order valence-corrected chi connectivity index (χ1v) is 8.85. The maximum absolute atomic E-state index is 11.8. The van der Waals surface area contributed by atoms with Crippen LogP contribution in [0.5, 0.6) is 0 Å². The summed E-state index contributed by atoms with van der Waals surface area (Å²) in [5.41, 5.74) is 2.07. The normalized spacial score (nSPS) is 12.1. The van der Waals surface area contributed by atoms with Gasteiger partial charge in [0.25, 0.3) is 0 Å². The second kappa shape index (κ2) is 12.3. The summed E-state index contributed by atoms with van der Waals surface area (Å²) in [6, 6.07) is 10.00. The standard InChI is InChI=1S/C19H28N6O2.HI/c1-15(16-7-5-8-17(13-16)25-11-6-9-22-25)23-19(20-10-12-27-4)21-14-18(26)24(2)3;/h5-9,11,13,15H,10,12,14H2,1-4H3,(H2,20,21,23);1H. The van der Waals surface area contributed by atoms with Crippen molar-refractivity contribution in [2.45, 2.75) is 13.0 Å². The summed E-state index contributed by atoms with van der Waals surface area (Å²) in [4.78, 5) is 17.7. The number of methoxy groups -OCH3 is 1. The van der Waals surface area contributed by atoms with Crippen LogP contribution in [0.25, 0.3) is 5.69 Å². The highest BCUT2D eigenvalue weighted by Gasteiger charge is 2.11. The van der Waals surface area contributed by atoms with Gasteiger partial charge >= 0.3 is 0 Å². The van der Waals surface area contributed by atoms with Crippen molar-refractivity contribution in [2.24, 2.45) is 4.99 Å². The first kappa shape index (κ1) is 23.9. The highest BCUT2D eigenvalue weighted by atomic mass is 127. The second-order valence-corrected chi connectivity index (χ2v) is 6.28. The molecule has 0 aliphatic rings. The number of nitrogens with one attached hydrogen (secondary N) is 2. The molecule has 1 amide bonds. The summed E-state index contributed by atoms with van der Waals surface area (Å²) < 4.78 is 6.89. The number of guanidine groups is 1. The minimum Gasteiger partial charge on any atom is -0.383 e. The van der Waals surface area contributed by atoms with E-state index < -0.39 is 0 Å². The number of aliphatic imine (C=N–C) groups is 1. The van der Waals surface area contributed by atoms with Crippen LogP contribution in [0.15, 0.2) is 47.7 Å². The molecule has 2 rings (SSSR count). The number of halogens is 1. The molecule has 28 heavy (non-hydrogen) atoms. The minimum atomic E-state index is -0.0591. The van der Waals surface area contributed by atoms with E-state index in [1.165, 1.54) is 4.90 Å². The predicted octanol–water partition coefficient (Wildman–Crippen LogP) is 1.82. The molecule has 0 aliphatic heterocycles. The van der Waals surface area contributed by atoms with Crippen molar-refractivity contribution in [3.63, 3.8) is 0 Å². The topological polar surface area (TPSA) is 83.8 Å². The fraction of sp³-hybridized carbons (Fsp3) is 0.421. The number of benzene rings is 1. The third-order valence-electron chi connectivity index (χ3n) is 3.96. The lowest BCUT2D eigenvalue weighted by atomic mass is 10.1. The number of carbonyl (C=O) groups is 1. The molecule has 0 spiro atoms. The van der Waals surface area contributed by atoms with E-state index in [-0.39, 0.29) is 42.5 Å². The minimum absolute atomic E-state index is 0. The average molecular weight is 500 g/mol. The van der Waals surface area contributed by atoms with Gasteiger partial charge in [-0.3, -0.25) is 4.79 Å². The van der Waals surface area contributed by atoms with Crippen LogP contribution in [0, 0.1) is 0 Å². The van der Waals surface area contributed by atoms with E-state index in [2.05, 4.69) is 26.8 Å². The number of likely N-dealkylation sites (N-methyl/N-ethyl adjacent to an activating group) is 1. The fourth-order valence-corrected chi connectivity index (χ4v) is 2.36. The molecule has 1 aromatic carbocycles. The highest BCUT2D eigenvalue weighted by Crippen LogP contribution is 2.16. The maximum Gasteiger partial charge on any atom is 0.243 e. The maximum atomic E-state index is 11.8. The van der Waals surface area contributed by atoms with Gasteiger partial charge in [-0.15, -0.1) is 24.0 Å². The smallest absolute Gasteiger partial charge is 0.243 e. The molecule has 0 bridgehead atoms. The van der Waals surface area contributed by atoms with E-state index in [1.807, 2.05) is 42.1 Å². The number of rotatable bonds is 8. The highest BCUT2D eigenvalue weighted by molar-refractivity contribution is 14.0. The zero-order chi connectivity index (χ0) is 19.6. The van der Waals surface area contributed by atoms with Crippen molar-refractivity contribution >= 4 is 35.8 Å². The number of carbonyl (C=O) groups excluding carboxylic acids is 1. The molecule has 2 aromatic rings. The third kappa shape index (κ3) is 7.47. The Balaban J connectivity index is 0.00000392. The lowest BCUT2D eigenvalue weighted by Gasteiger charge is -2.19. The number of hydrogen-bond acceptors (Lipinski definition) is 4. The van der Waals surface area contributed by atoms with E-state index in [4.69, 9.17) is 4.74 Å². The summed E-state index contributed by atoms with van der Waals surface area (Å²) >= 11 is 0. The van der Waals surface area contributed by atoms with Crippen molar-refractivity contribution in [3.8, 4) is 5.69 Å². The molecule has 0 radical (unpaired) electrons. The Morgan fingerprint density at radius 2 is 2.14 bits per heavy atom. The average Bonchev–Trinajstić information content (AvgIpc) is 3.20.